The molecule has 0 saturated heterocycles. The van der Waals surface area contributed by atoms with E-state index in [1.807, 2.05) is 25.1 Å². The van der Waals surface area contributed by atoms with Gasteiger partial charge in [-0.25, -0.2) is 4.79 Å². The minimum atomic E-state index is -0.414. The summed E-state index contributed by atoms with van der Waals surface area (Å²) in [6, 6.07) is 13.3. The van der Waals surface area contributed by atoms with Gasteiger partial charge >= 0.3 is 5.76 Å². The zero-order chi connectivity index (χ0) is 16.4. The molecule has 118 valence electrons. The summed E-state index contributed by atoms with van der Waals surface area (Å²) in [6.45, 7) is 2.03. The smallest absolute Gasteiger partial charge is 0.408 e. The molecule has 0 aliphatic rings. The highest BCUT2D eigenvalue weighted by atomic mass is 16.4. The Morgan fingerprint density at radius 2 is 2.04 bits per heavy atom. The number of nitrogens with zero attached hydrogens (tertiary/aromatic N) is 1. The van der Waals surface area contributed by atoms with E-state index in [0.29, 0.717) is 29.6 Å². The van der Waals surface area contributed by atoms with Crippen LogP contribution in [0.1, 0.15) is 17.5 Å². The molecule has 1 N–H and O–H groups in total. The molecule has 1 heterocycles. The van der Waals surface area contributed by atoms with E-state index in [-0.39, 0.29) is 5.91 Å². The molecule has 0 saturated carbocycles. The summed E-state index contributed by atoms with van der Waals surface area (Å²) in [6.07, 6.45) is 1.09. The van der Waals surface area contributed by atoms with Gasteiger partial charge in [-0.2, -0.15) is 0 Å². The number of nitrogens with one attached hydrogen (secondary N) is 1. The van der Waals surface area contributed by atoms with Gasteiger partial charge in [0, 0.05) is 25.2 Å². The van der Waals surface area contributed by atoms with Crippen molar-refractivity contribution in [2.24, 2.45) is 7.05 Å². The fourth-order valence-corrected chi connectivity index (χ4v) is 2.56. The Morgan fingerprint density at radius 3 is 2.83 bits per heavy atom. The number of oxazole rings is 1. The molecule has 0 unspecified atom stereocenters. The summed E-state index contributed by atoms with van der Waals surface area (Å²) in [4.78, 5) is 23.5. The van der Waals surface area contributed by atoms with Crippen LogP contribution in [0, 0.1) is 6.92 Å². The summed E-state index contributed by atoms with van der Waals surface area (Å²) in [7, 11) is 1.65. The van der Waals surface area contributed by atoms with Crippen molar-refractivity contribution in [1.82, 2.24) is 4.57 Å². The van der Waals surface area contributed by atoms with Crippen molar-refractivity contribution < 1.29 is 9.21 Å². The number of aryl methyl sites for hydroxylation is 3. The highest BCUT2D eigenvalue weighted by Crippen LogP contribution is 2.18. The molecule has 0 atom stereocenters. The summed E-state index contributed by atoms with van der Waals surface area (Å²) in [5.41, 5.74) is 4.12. The number of benzene rings is 2. The highest BCUT2D eigenvalue weighted by Gasteiger charge is 2.08. The van der Waals surface area contributed by atoms with Crippen molar-refractivity contribution in [3.63, 3.8) is 0 Å². The van der Waals surface area contributed by atoms with E-state index in [0.717, 1.165) is 5.56 Å². The fourth-order valence-electron chi connectivity index (χ4n) is 2.56. The lowest BCUT2D eigenvalue weighted by Crippen LogP contribution is -2.12. The summed E-state index contributed by atoms with van der Waals surface area (Å²) in [5, 5.41) is 2.84. The van der Waals surface area contributed by atoms with Gasteiger partial charge in [0.1, 0.15) is 0 Å². The summed E-state index contributed by atoms with van der Waals surface area (Å²) < 4.78 is 6.55. The monoisotopic (exact) mass is 310 g/mol. The predicted molar refractivity (Wildman–Crippen MR) is 89.6 cm³/mol. The van der Waals surface area contributed by atoms with E-state index in [9.17, 15) is 9.59 Å². The number of hydrogen-bond donors (Lipinski definition) is 1. The van der Waals surface area contributed by atoms with E-state index < -0.39 is 5.76 Å². The maximum atomic E-state index is 12.1. The SMILES string of the molecule is Cc1cccc(CCC(=O)Nc2ccc3c(c2)oc(=O)n3C)c1. The molecule has 5 nitrogen and oxygen atoms in total. The third-order valence-corrected chi connectivity index (χ3v) is 3.80. The maximum absolute atomic E-state index is 12.1. The van der Waals surface area contributed by atoms with Crippen LogP contribution >= 0.6 is 0 Å². The molecule has 2 aromatic carbocycles. The third-order valence-electron chi connectivity index (χ3n) is 3.80. The number of rotatable bonds is 4. The zero-order valence-corrected chi connectivity index (χ0v) is 13.1. The predicted octanol–water partition coefficient (Wildman–Crippen LogP) is 3.01. The number of carbonyl (C=O) groups is 1. The van der Waals surface area contributed by atoms with E-state index in [2.05, 4.69) is 11.4 Å². The molecular formula is C18H18N2O3. The van der Waals surface area contributed by atoms with Crippen LogP contribution in [0.5, 0.6) is 0 Å². The van der Waals surface area contributed by atoms with Gasteiger partial charge in [0.05, 0.1) is 5.52 Å². The van der Waals surface area contributed by atoms with E-state index in [4.69, 9.17) is 4.42 Å². The first-order chi connectivity index (χ1) is 11.0. The van der Waals surface area contributed by atoms with Crippen molar-refractivity contribution in [2.75, 3.05) is 5.32 Å². The van der Waals surface area contributed by atoms with Gasteiger partial charge in [0.25, 0.3) is 0 Å². The third kappa shape index (κ3) is 3.34. The van der Waals surface area contributed by atoms with Crippen molar-refractivity contribution in [2.45, 2.75) is 19.8 Å². The largest absolute Gasteiger partial charge is 0.419 e. The molecule has 1 amide bonds. The second-order valence-corrected chi connectivity index (χ2v) is 5.65. The molecule has 0 aliphatic heterocycles. The zero-order valence-electron chi connectivity index (χ0n) is 13.1. The average molecular weight is 310 g/mol. The first-order valence-corrected chi connectivity index (χ1v) is 7.48. The first kappa shape index (κ1) is 15.1. The number of fused-ring (bicyclic) bond motifs is 1. The second-order valence-electron chi connectivity index (χ2n) is 5.65. The van der Waals surface area contributed by atoms with Crippen LogP contribution in [-0.4, -0.2) is 10.5 Å². The molecule has 23 heavy (non-hydrogen) atoms. The van der Waals surface area contributed by atoms with E-state index >= 15 is 0 Å². The molecule has 0 aliphatic carbocycles. The number of anilines is 1. The average Bonchev–Trinajstić information content (AvgIpc) is 2.80. The van der Waals surface area contributed by atoms with Crippen LogP contribution in [0.2, 0.25) is 0 Å². The van der Waals surface area contributed by atoms with Crippen molar-refractivity contribution in [3.05, 3.63) is 64.1 Å². The summed E-state index contributed by atoms with van der Waals surface area (Å²) >= 11 is 0. The number of carbonyl (C=O) groups excluding carboxylic acids is 1. The Labute approximate surface area is 133 Å². The molecule has 1 aromatic heterocycles. The molecule has 3 rings (SSSR count). The standard InChI is InChI=1S/C18H18N2O3/c1-12-4-3-5-13(10-12)6-9-17(21)19-14-7-8-15-16(11-14)23-18(22)20(15)2/h3-5,7-8,10-11H,6,9H2,1-2H3,(H,19,21). The van der Waals surface area contributed by atoms with Gasteiger partial charge in [0.2, 0.25) is 5.91 Å². The molecule has 3 aromatic rings. The van der Waals surface area contributed by atoms with Gasteiger partial charge in [-0.3, -0.25) is 9.36 Å². The fraction of sp³-hybridized carbons (Fsp3) is 0.222. The van der Waals surface area contributed by atoms with Crippen molar-refractivity contribution >= 4 is 22.7 Å². The van der Waals surface area contributed by atoms with Crippen LogP contribution in [0.15, 0.2) is 51.7 Å². The highest BCUT2D eigenvalue weighted by molar-refractivity contribution is 5.92. The number of amides is 1. The molecule has 0 radical (unpaired) electrons. The Balaban J connectivity index is 1.67. The lowest BCUT2D eigenvalue weighted by Gasteiger charge is -2.06. The topological polar surface area (TPSA) is 64.2 Å². The molecule has 5 heteroatoms. The normalized spacial score (nSPS) is 10.9. The Morgan fingerprint density at radius 1 is 1.22 bits per heavy atom. The maximum Gasteiger partial charge on any atom is 0.419 e. The first-order valence-electron chi connectivity index (χ1n) is 7.48. The van der Waals surface area contributed by atoms with E-state index in [1.54, 1.807) is 25.2 Å². The van der Waals surface area contributed by atoms with Crippen LogP contribution in [0.3, 0.4) is 0 Å². The Hall–Kier alpha value is -2.82. The summed E-state index contributed by atoms with van der Waals surface area (Å²) in [5.74, 6) is -0.480. The lowest BCUT2D eigenvalue weighted by molar-refractivity contribution is -0.116. The molecule has 0 spiro atoms. The lowest BCUT2D eigenvalue weighted by atomic mass is 10.1. The van der Waals surface area contributed by atoms with Crippen molar-refractivity contribution in [3.8, 4) is 0 Å². The van der Waals surface area contributed by atoms with Gasteiger partial charge in [-0.15, -0.1) is 0 Å². The molecule has 0 bridgehead atoms. The minimum Gasteiger partial charge on any atom is -0.408 e. The number of hydrogen-bond acceptors (Lipinski definition) is 3. The Bertz CT molecular complexity index is 921. The van der Waals surface area contributed by atoms with Gasteiger partial charge in [-0.1, -0.05) is 29.8 Å². The quantitative estimate of drug-likeness (QED) is 0.805. The Kier molecular flexibility index (Phi) is 4.02. The van der Waals surface area contributed by atoms with Gasteiger partial charge < -0.3 is 9.73 Å². The van der Waals surface area contributed by atoms with Crippen LogP contribution in [0.25, 0.3) is 11.1 Å². The van der Waals surface area contributed by atoms with Crippen LogP contribution < -0.4 is 11.1 Å². The van der Waals surface area contributed by atoms with Crippen molar-refractivity contribution in [1.29, 1.82) is 0 Å². The minimum absolute atomic E-state index is 0.0656. The molecular weight excluding hydrogens is 292 g/mol. The van der Waals surface area contributed by atoms with Crippen LogP contribution in [-0.2, 0) is 18.3 Å². The van der Waals surface area contributed by atoms with Gasteiger partial charge in [0.15, 0.2) is 5.58 Å². The molecule has 0 fully saturated rings. The van der Waals surface area contributed by atoms with Gasteiger partial charge in [-0.05, 0) is 31.0 Å². The van der Waals surface area contributed by atoms with E-state index in [1.165, 1.54) is 10.1 Å². The number of aromatic nitrogens is 1. The van der Waals surface area contributed by atoms with Crippen LogP contribution in [0.4, 0.5) is 5.69 Å². The second kappa shape index (κ2) is 6.12.